The van der Waals surface area contributed by atoms with Crippen LogP contribution in [-0.4, -0.2) is 25.4 Å². The molecule has 0 unspecified atom stereocenters. The molecule has 0 bridgehead atoms. The van der Waals surface area contributed by atoms with E-state index >= 15 is 0 Å². The lowest BCUT2D eigenvalue weighted by atomic mass is 10.2. The summed E-state index contributed by atoms with van der Waals surface area (Å²) in [6, 6.07) is 1.80. The molecule has 0 atom stereocenters. The second kappa shape index (κ2) is 3.68. The fourth-order valence-electron chi connectivity index (χ4n) is 1.52. The molecule has 2 aromatic heterocycles. The second-order valence-corrected chi connectivity index (χ2v) is 3.35. The summed E-state index contributed by atoms with van der Waals surface area (Å²) in [5.74, 6) is -0.801. The van der Waals surface area contributed by atoms with Gasteiger partial charge in [0.25, 0.3) is 0 Å². The molecule has 78 valence electrons. The molecule has 0 saturated heterocycles. The molecule has 0 fully saturated rings. The van der Waals surface area contributed by atoms with E-state index in [1.54, 1.807) is 18.6 Å². The van der Waals surface area contributed by atoms with Gasteiger partial charge in [0, 0.05) is 18.3 Å². The normalized spacial score (nSPS) is 10.7. The molecule has 1 N–H and O–H groups in total. The van der Waals surface area contributed by atoms with E-state index < -0.39 is 5.97 Å². The molecule has 5 nitrogen and oxygen atoms in total. The average molecular weight is 205 g/mol. The molecular weight excluding hydrogens is 194 g/mol. The van der Waals surface area contributed by atoms with E-state index in [9.17, 15) is 4.79 Å². The maximum atomic E-state index is 10.5. The quantitative estimate of drug-likeness (QED) is 0.813. The minimum absolute atomic E-state index is 0.109. The first-order valence-electron chi connectivity index (χ1n) is 4.68. The molecule has 0 aromatic carbocycles. The minimum Gasteiger partial charge on any atom is -0.481 e. The lowest BCUT2D eigenvalue weighted by Crippen LogP contribution is -1.99. The monoisotopic (exact) mass is 205 g/mol. The van der Waals surface area contributed by atoms with Crippen LogP contribution in [0.15, 0.2) is 18.6 Å². The summed E-state index contributed by atoms with van der Waals surface area (Å²) >= 11 is 0. The van der Waals surface area contributed by atoms with E-state index in [4.69, 9.17) is 5.11 Å². The van der Waals surface area contributed by atoms with Crippen molar-refractivity contribution in [1.29, 1.82) is 0 Å². The molecule has 5 heteroatoms. The van der Waals surface area contributed by atoms with Crippen LogP contribution >= 0.6 is 0 Å². The third-order valence-electron chi connectivity index (χ3n) is 2.34. The number of rotatable bonds is 3. The van der Waals surface area contributed by atoms with E-state index in [-0.39, 0.29) is 6.42 Å². The van der Waals surface area contributed by atoms with Crippen molar-refractivity contribution in [2.24, 2.45) is 0 Å². The first-order valence-corrected chi connectivity index (χ1v) is 4.68. The Kier molecular flexibility index (Phi) is 2.37. The van der Waals surface area contributed by atoms with Gasteiger partial charge in [-0.15, -0.1) is 0 Å². The molecule has 0 aliphatic heterocycles. The van der Waals surface area contributed by atoms with Gasteiger partial charge in [0.05, 0.1) is 12.1 Å². The third kappa shape index (κ3) is 1.81. The summed E-state index contributed by atoms with van der Waals surface area (Å²) in [4.78, 5) is 18.8. The summed E-state index contributed by atoms with van der Waals surface area (Å²) in [6.07, 6.45) is 3.92. The number of carbonyl (C=O) groups is 1. The first kappa shape index (κ1) is 9.64. The Balaban J connectivity index is 2.36. The number of carboxylic acids is 1. The fourth-order valence-corrected chi connectivity index (χ4v) is 1.52. The van der Waals surface area contributed by atoms with Crippen LogP contribution in [-0.2, 0) is 11.2 Å². The van der Waals surface area contributed by atoms with E-state index in [2.05, 4.69) is 9.97 Å². The number of aryl methyl sites for hydroxylation is 2. The van der Waals surface area contributed by atoms with Gasteiger partial charge in [-0.05, 0) is 13.0 Å². The Hall–Kier alpha value is -1.91. The van der Waals surface area contributed by atoms with Gasteiger partial charge < -0.3 is 5.11 Å². The number of nitrogens with zero attached hydrogens (tertiary/aromatic N) is 3. The summed E-state index contributed by atoms with van der Waals surface area (Å²) in [5.41, 5.74) is 2.59. The molecule has 2 aromatic rings. The Morgan fingerprint density at radius 1 is 1.60 bits per heavy atom. The smallest absolute Gasteiger partial charge is 0.303 e. The van der Waals surface area contributed by atoms with Crippen molar-refractivity contribution in [3.8, 4) is 0 Å². The van der Waals surface area contributed by atoms with Crippen molar-refractivity contribution >= 4 is 11.6 Å². The van der Waals surface area contributed by atoms with Crippen LogP contribution in [0.5, 0.6) is 0 Å². The Morgan fingerprint density at radius 2 is 2.40 bits per heavy atom. The van der Waals surface area contributed by atoms with E-state index in [1.807, 2.05) is 11.3 Å². The summed E-state index contributed by atoms with van der Waals surface area (Å²) in [5, 5.41) is 8.59. The third-order valence-corrected chi connectivity index (χ3v) is 2.34. The van der Waals surface area contributed by atoms with Crippen LogP contribution in [0.3, 0.4) is 0 Å². The molecule has 0 aliphatic carbocycles. The Bertz CT molecular complexity index is 504. The predicted octanol–water partition coefficient (Wildman–Crippen LogP) is 1.05. The zero-order valence-electron chi connectivity index (χ0n) is 8.34. The Labute approximate surface area is 86.4 Å². The van der Waals surface area contributed by atoms with Crippen LogP contribution in [0.25, 0.3) is 5.65 Å². The van der Waals surface area contributed by atoms with Crippen LogP contribution in [0.2, 0.25) is 0 Å². The predicted molar refractivity (Wildman–Crippen MR) is 53.7 cm³/mol. The summed E-state index contributed by atoms with van der Waals surface area (Å²) < 4.78 is 1.86. The fraction of sp³-hybridized carbons (Fsp3) is 0.300. The molecule has 0 saturated carbocycles. The molecule has 15 heavy (non-hydrogen) atoms. The van der Waals surface area contributed by atoms with Crippen molar-refractivity contribution in [2.45, 2.75) is 19.8 Å². The SMILES string of the molecule is Cc1c(CCC(=O)O)nc2ccncn12. The molecule has 2 heterocycles. The van der Waals surface area contributed by atoms with Crippen LogP contribution in [0.1, 0.15) is 17.8 Å². The topological polar surface area (TPSA) is 67.5 Å². The molecule has 0 amide bonds. The highest BCUT2D eigenvalue weighted by molar-refractivity contribution is 5.67. The largest absolute Gasteiger partial charge is 0.481 e. The molecule has 0 spiro atoms. The molecule has 0 aliphatic rings. The number of hydrogen-bond acceptors (Lipinski definition) is 3. The van der Waals surface area contributed by atoms with Gasteiger partial charge in [-0.25, -0.2) is 9.97 Å². The van der Waals surface area contributed by atoms with Gasteiger partial charge in [0.1, 0.15) is 12.0 Å². The van der Waals surface area contributed by atoms with E-state index in [0.29, 0.717) is 6.42 Å². The Morgan fingerprint density at radius 3 is 3.07 bits per heavy atom. The average Bonchev–Trinajstić information content (AvgIpc) is 2.54. The number of fused-ring (bicyclic) bond motifs is 1. The minimum atomic E-state index is -0.801. The lowest BCUT2D eigenvalue weighted by Gasteiger charge is -1.95. The van der Waals surface area contributed by atoms with Gasteiger partial charge in [0.15, 0.2) is 0 Å². The molecular formula is C10H11N3O2. The highest BCUT2D eigenvalue weighted by Gasteiger charge is 2.09. The summed E-state index contributed by atoms with van der Waals surface area (Å²) in [6.45, 7) is 1.92. The zero-order chi connectivity index (χ0) is 10.8. The van der Waals surface area contributed by atoms with Gasteiger partial charge in [0.2, 0.25) is 0 Å². The lowest BCUT2D eigenvalue weighted by molar-refractivity contribution is -0.136. The van der Waals surface area contributed by atoms with Gasteiger partial charge in [-0.3, -0.25) is 9.20 Å². The number of carboxylic acid groups (broad SMARTS) is 1. The van der Waals surface area contributed by atoms with Gasteiger partial charge in [-0.1, -0.05) is 0 Å². The highest BCUT2D eigenvalue weighted by Crippen LogP contribution is 2.12. The number of imidazole rings is 1. The standard InChI is InChI=1S/C10H11N3O2/c1-7-8(2-3-10(14)15)12-9-4-5-11-6-13(7)9/h4-6H,2-3H2,1H3,(H,14,15). The van der Waals surface area contributed by atoms with Crippen molar-refractivity contribution in [1.82, 2.24) is 14.4 Å². The van der Waals surface area contributed by atoms with Crippen LogP contribution < -0.4 is 0 Å². The number of aromatic nitrogens is 3. The van der Waals surface area contributed by atoms with Gasteiger partial charge in [-0.2, -0.15) is 0 Å². The van der Waals surface area contributed by atoms with Crippen LogP contribution in [0, 0.1) is 6.92 Å². The van der Waals surface area contributed by atoms with Crippen molar-refractivity contribution < 1.29 is 9.90 Å². The maximum Gasteiger partial charge on any atom is 0.303 e. The molecule has 2 rings (SSSR count). The van der Waals surface area contributed by atoms with Gasteiger partial charge >= 0.3 is 5.97 Å². The van der Waals surface area contributed by atoms with Crippen molar-refractivity contribution in [3.05, 3.63) is 30.0 Å². The highest BCUT2D eigenvalue weighted by atomic mass is 16.4. The number of aliphatic carboxylic acids is 1. The van der Waals surface area contributed by atoms with E-state index in [0.717, 1.165) is 17.0 Å². The first-order chi connectivity index (χ1) is 7.18. The van der Waals surface area contributed by atoms with Crippen LogP contribution in [0.4, 0.5) is 0 Å². The zero-order valence-corrected chi connectivity index (χ0v) is 8.34. The van der Waals surface area contributed by atoms with Crippen molar-refractivity contribution in [3.63, 3.8) is 0 Å². The molecule has 0 radical (unpaired) electrons. The second-order valence-electron chi connectivity index (χ2n) is 3.35. The van der Waals surface area contributed by atoms with Crippen molar-refractivity contribution in [2.75, 3.05) is 0 Å². The maximum absolute atomic E-state index is 10.5. The van der Waals surface area contributed by atoms with E-state index in [1.165, 1.54) is 0 Å². The summed E-state index contributed by atoms with van der Waals surface area (Å²) in [7, 11) is 0. The number of hydrogen-bond donors (Lipinski definition) is 1.